The molecule has 0 spiro atoms. The third-order valence-electron chi connectivity index (χ3n) is 5.72. The summed E-state index contributed by atoms with van der Waals surface area (Å²) in [6.07, 6.45) is 0. The Kier molecular flexibility index (Phi) is 4.50. The van der Waals surface area contributed by atoms with Crippen molar-refractivity contribution in [1.82, 2.24) is 0 Å². The highest BCUT2D eigenvalue weighted by Gasteiger charge is 2.22. The van der Waals surface area contributed by atoms with Crippen molar-refractivity contribution in [2.75, 3.05) is 5.09 Å². The molecule has 0 aliphatic rings. The summed E-state index contributed by atoms with van der Waals surface area (Å²) in [5.74, 6) is 0. The van der Waals surface area contributed by atoms with Gasteiger partial charge in [-0.15, -0.1) is 11.3 Å². The second-order valence-corrected chi connectivity index (χ2v) is 11.7. The predicted octanol–water partition coefficient (Wildman–Crippen LogP) is 10.1. The van der Waals surface area contributed by atoms with Crippen molar-refractivity contribution in [2.24, 2.45) is 0 Å². The summed E-state index contributed by atoms with van der Waals surface area (Å²) in [7, 11) is 0. The van der Waals surface area contributed by atoms with Crippen LogP contribution >= 0.6 is 40.6 Å². The molecule has 1 aromatic heterocycles. The van der Waals surface area contributed by atoms with E-state index in [0.717, 1.165) is 38.4 Å². The molecule has 150 valence electrons. The van der Waals surface area contributed by atoms with Crippen molar-refractivity contribution >= 4 is 88.0 Å². The maximum atomic E-state index is 8.49. The van der Waals surface area contributed by atoms with Crippen LogP contribution in [0.25, 0.3) is 52.8 Å². The van der Waals surface area contributed by atoms with Gasteiger partial charge in [0.05, 0.1) is 7.06 Å². The summed E-state index contributed by atoms with van der Waals surface area (Å²) in [5, 5.41) is 10.2. The molecule has 0 fully saturated rings. The number of benzene rings is 5. The minimum Gasteiger partial charge on any atom is -0.339 e. The maximum Gasteiger partial charge on any atom is 0.184 e. The standard InChI is InChI=1S/C26H16Cl2NPS/c27-30(28)29-25-23(18-14-7-9-16-8-1-2-10-17(16)18)19-11-3-4-12-20(19)26-24(25)21-13-5-6-15-22(21)31-26/h1-15,29H/i7D. The molecule has 5 aromatic carbocycles. The van der Waals surface area contributed by atoms with Crippen LogP contribution in [0.15, 0.2) is 91.0 Å². The molecule has 0 saturated carbocycles. The molecule has 31 heavy (non-hydrogen) atoms. The van der Waals surface area contributed by atoms with Gasteiger partial charge in [-0.25, -0.2) is 0 Å². The van der Waals surface area contributed by atoms with Crippen LogP contribution in [0.1, 0.15) is 1.37 Å². The molecule has 0 unspecified atom stereocenters. The Balaban J connectivity index is 1.90. The van der Waals surface area contributed by atoms with E-state index in [-0.39, 0.29) is 0 Å². The van der Waals surface area contributed by atoms with Gasteiger partial charge in [-0.3, -0.25) is 0 Å². The van der Waals surface area contributed by atoms with Crippen LogP contribution in [0, 0.1) is 0 Å². The van der Waals surface area contributed by atoms with Gasteiger partial charge < -0.3 is 5.09 Å². The number of halogens is 2. The van der Waals surface area contributed by atoms with Gasteiger partial charge >= 0.3 is 0 Å². The minimum atomic E-state index is -1.45. The molecule has 0 aliphatic heterocycles. The Hall–Kier alpha value is -2.35. The third kappa shape index (κ3) is 3.10. The van der Waals surface area contributed by atoms with E-state index in [1.54, 1.807) is 11.3 Å². The summed E-state index contributed by atoms with van der Waals surface area (Å²) >= 11 is 14.5. The molecule has 0 bridgehead atoms. The summed E-state index contributed by atoms with van der Waals surface area (Å²) in [5.41, 5.74) is 2.98. The number of nitrogens with one attached hydrogen (secondary N) is 1. The van der Waals surface area contributed by atoms with E-state index in [0.29, 0.717) is 6.04 Å². The molecular weight excluding hydrogens is 460 g/mol. The van der Waals surface area contributed by atoms with Gasteiger partial charge in [-0.05, 0) is 27.8 Å². The lowest BCUT2D eigenvalue weighted by Crippen LogP contribution is -1.94. The molecular formula is C26H16Cl2NPS. The van der Waals surface area contributed by atoms with E-state index < -0.39 is 6.78 Å². The van der Waals surface area contributed by atoms with Gasteiger partial charge in [0.15, 0.2) is 6.78 Å². The number of rotatable bonds is 3. The molecule has 0 amide bonds. The fraction of sp³-hybridized carbons (Fsp3) is 0. The quantitative estimate of drug-likeness (QED) is 0.250. The van der Waals surface area contributed by atoms with Crippen molar-refractivity contribution in [1.29, 1.82) is 0 Å². The molecule has 6 aromatic rings. The van der Waals surface area contributed by atoms with Gasteiger partial charge in [-0.1, -0.05) is 107 Å². The first-order valence-corrected chi connectivity index (χ1v) is 13.8. The van der Waals surface area contributed by atoms with Crippen molar-refractivity contribution in [2.45, 2.75) is 0 Å². The SMILES string of the molecule is [2H]c1cc(-c2c(NP(Cl)Cl)c3c4ccccc4sc3c3ccccc23)c2ccccc2c1. The number of thiophene rings is 1. The molecule has 6 rings (SSSR count). The van der Waals surface area contributed by atoms with Gasteiger partial charge in [0.2, 0.25) is 0 Å². The van der Waals surface area contributed by atoms with Gasteiger partial charge in [0.25, 0.3) is 0 Å². The van der Waals surface area contributed by atoms with Gasteiger partial charge in [-0.2, -0.15) is 0 Å². The van der Waals surface area contributed by atoms with Gasteiger partial charge in [0, 0.05) is 31.1 Å². The summed E-state index contributed by atoms with van der Waals surface area (Å²) in [6.45, 7) is -1.45. The topological polar surface area (TPSA) is 12.0 Å². The highest BCUT2D eigenvalue weighted by atomic mass is 35.9. The molecule has 1 N–H and O–H groups in total. The van der Waals surface area contributed by atoms with Crippen molar-refractivity contribution in [3.8, 4) is 11.1 Å². The lowest BCUT2D eigenvalue weighted by atomic mass is 9.90. The third-order valence-corrected chi connectivity index (χ3v) is 7.82. The fourth-order valence-corrected chi connectivity index (χ4v) is 6.63. The smallest absolute Gasteiger partial charge is 0.184 e. The monoisotopic (exact) mass is 476 g/mol. The molecule has 0 aliphatic carbocycles. The van der Waals surface area contributed by atoms with E-state index in [1.807, 2.05) is 24.3 Å². The van der Waals surface area contributed by atoms with Crippen LogP contribution in [0.2, 0.25) is 0 Å². The first kappa shape index (κ1) is 18.2. The Morgan fingerprint density at radius 2 is 1.42 bits per heavy atom. The molecule has 1 nitrogen and oxygen atoms in total. The first-order chi connectivity index (χ1) is 15.6. The minimum absolute atomic E-state index is 0.475. The molecule has 5 heteroatoms. The van der Waals surface area contributed by atoms with E-state index in [9.17, 15) is 0 Å². The first-order valence-electron chi connectivity index (χ1n) is 10.4. The fourth-order valence-electron chi connectivity index (χ4n) is 4.49. The zero-order chi connectivity index (χ0) is 21.8. The Morgan fingerprint density at radius 1 is 0.742 bits per heavy atom. The largest absolute Gasteiger partial charge is 0.339 e. The van der Waals surface area contributed by atoms with Crippen molar-refractivity contribution < 1.29 is 1.37 Å². The number of hydrogen-bond acceptors (Lipinski definition) is 2. The number of anilines is 1. The summed E-state index contributed by atoms with van der Waals surface area (Å²) in [4.78, 5) is 0. The Labute approximate surface area is 196 Å². The van der Waals surface area contributed by atoms with Crippen LogP contribution in [-0.2, 0) is 0 Å². The van der Waals surface area contributed by atoms with Crippen molar-refractivity contribution in [3.63, 3.8) is 0 Å². The zero-order valence-electron chi connectivity index (χ0n) is 17.2. The molecule has 0 radical (unpaired) electrons. The predicted molar refractivity (Wildman–Crippen MR) is 142 cm³/mol. The van der Waals surface area contributed by atoms with Crippen molar-refractivity contribution in [3.05, 3.63) is 91.0 Å². The normalized spacial score (nSPS) is 12.3. The maximum absolute atomic E-state index is 8.49. The summed E-state index contributed by atoms with van der Waals surface area (Å²) < 4.78 is 10.9. The lowest BCUT2D eigenvalue weighted by Gasteiger charge is -2.19. The Morgan fingerprint density at radius 3 is 2.23 bits per heavy atom. The summed E-state index contributed by atoms with van der Waals surface area (Å²) in [6, 6.07) is 29.5. The number of fused-ring (bicyclic) bond motifs is 6. The Bertz CT molecular complexity index is 1660. The van der Waals surface area contributed by atoms with E-state index >= 15 is 0 Å². The van der Waals surface area contributed by atoms with E-state index in [4.69, 9.17) is 23.9 Å². The van der Waals surface area contributed by atoms with E-state index in [1.165, 1.54) is 20.2 Å². The van der Waals surface area contributed by atoms with Crippen LogP contribution in [0.5, 0.6) is 0 Å². The molecule has 1 heterocycles. The molecule has 0 saturated heterocycles. The number of hydrogen-bond donors (Lipinski definition) is 1. The molecule has 0 atom stereocenters. The van der Waals surface area contributed by atoms with Gasteiger partial charge in [0.1, 0.15) is 0 Å². The van der Waals surface area contributed by atoms with Crippen LogP contribution in [0.3, 0.4) is 0 Å². The average molecular weight is 477 g/mol. The van der Waals surface area contributed by atoms with Crippen LogP contribution in [0.4, 0.5) is 5.69 Å². The second kappa shape index (κ2) is 7.65. The van der Waals surface area contributed by atoms with Crippen LogP contribution < -0.4 is 5.09 Å². The highest BCUT2D eigenvalue weighted by molar-refractivity contribution is 8.04. The lowest BCUT2D eigenvalue weighted by molar-refractivity contribution is 1.70. The van der Waals surface area contributed by atoms with Crippen LogP contribution in [-0.4, -0.2) is 0 Å². The second-order valence-electron chi connectivity index (χ2n) is 7.40. The average Bonchev–Trinajstić information content (AvgIpc) is 3.18. The highest BCUT2D eigenvalue weighted by Crippen LogP contribution is 2.55. The van der Waals surface area contributed by atoms with E-state index in [2.05, 4.69) is 65.8 Å². The zero-order valence-corrected chi connectivity index (χ0v) is 19.4.